The Hall–Kier alpha value is -0.750. The lowest BCUT2D eigenvalue weighted by atomic mass is 10.2. The van der Waals surface area contributed by atoms with Crippen molar-refractivity contribution in [3.63, 3.8) is 0 Å². The summed E-state index contributed by atoms with van der Waals surface area (Å²) in [4.78, 5) is -1.38. The van der Waals surface area contributed by atoms with E-state index in [1.54, 1.807) is 19.1 Å². The molecule has 0 bridgehead atoms. The molecule has 0 spiro atoms. The highest BCUT2D eigenvalue weighted by Gasteiger charge is 2.30. The maximum absolute atomic E-state index is 11.3. The summed E-state index contributed by atoms with van der Waals surface area (Å²) >= 11 is 0. The molecular formula is C8H8NO3S-. The smallest absolute Gasteiger partial charge is 0.163 e. The third-order valence-electron chi connectivity index (χ3n) is 2.01. The predicted octanol–water partition coefficient (Wildman–Crippen LogP) is 1.38. The van der Waals surface area contributed by atoms with Crippen molar-refractivity contribution < 1.29 is 4.21 Å². The molecule has 1 aliphatic rings. The van der Waals surface area contributed by atoms with E-state index in [9.17, 15) is 14.6 Å². The van der Waals surface area contributed by atoms with Gasteiger partial charge in [-0.15, -0.1) is 0 Å². The third kappa shape index (κ3) is 1.30. The molecule has 1 aromatic carbocycles. The molecule has 0 aromatic heterocycles. The van der Waals surface area contributed by atoms with Crippen LogP contribution in [0.3, 0.4) is 0 Å². The number of hydroxylamine groups is 2. The molecule has 0 fully saturated rings. The number of nitrogens with zero attached hydrogens (tertiary/aromatic N) is 1. The van der Waals surface area contributed by atoms with E-state index in [0.29, 0.717) is 4.90 Å². The van der Waals surface area contributed by atoms with Gasteiger partial charge in [0.25, 0.3) is 0 Å². The summed E-state index contributed by atoms with van der Waals surface area (Å²) in [6, 6.07) is 4.86. The van der Waals surface area contributed by atoms with Gasteiger partial charge in [-0.25, -0.2) is 4.21 Å². The van der Waals surface area contributed by atoms with Crippen LogP contribution in [-0.2, 0) is 10.8 Å². The van der Waals surface area contributed by atoms with Crippen molar-refractivity contribution in [2.24, 2.45) is 0 Å². The van der Waals surface area contributed by atoms with Gasteiger partial charge >= 0.3 is 0 Å². The van der Waals surface area contributed by atoms with Crippen molar-refractivity contribution in [1.82, 2.24) is 4.81 Å². The standard InChI is InChI=1S/C8H8NO3S/c1-6-2-3-8-7(4-6)9(10,11)5-13(8)12/h2-4H,5H2,1H3/q-1. The topological polar surface area (TPSA) is 63.2 Å². The third-order valence-corrected chi connectivity index (χ3v) is 3.42. The average molecular weight is 198 g/mol. The number of hydrogen-bond acceptors (Lipinski definition) is 3. The quantitative estimate of drug-likeness (QED) is 0.467. The summed E-state index contributed by atoms with van der Waals surface area (Å²) < 4.78 is 11.3. The van der Waals surface area contributed by atoms with Crippen LogP contribution in [0, 0.1) is 17.3 Å². The van der Waals surface area contributed by atoms with Gasteiger partial charge < -0.3 is 15.2 Å². The molecule has 0 saturated heterocycles. The fraction of sp³-hybridized carbons (Fsp3) is 0.250. The molecule has 4 nitrogen and oxygen atoms in total. The molecule has 0 N–H and O–H groups in total. The molecule has 13 heavy (non-hydrogen) atoms. The van der Waals surface area contributed by atoms with E-state index < -0.39 is 21.5 Å². The highest BCUT2D eigenvalue weighted by Crippen LogP contribution is 2.36. The SMILES string of the molecule is Cc1ccc2c(c1)[N+]([O-])([O-])CS2=O. The number of fused-ring (bicyclic) bond motifs is 1. The first-order valence-corrected chi connectivity index (χ1v) is 5.12. The fourth-order valence-corrected chi connectivity index (χ4v) is 2.62. The van der Waals surface area contributed by atoms with E-state index in [1.165, 1.54) is 6.07 Å². The largest absolute Gasteiger partial charge is 0.625 e. The summed E-state index contributed by atoms with van der Waals surface area (Å²) in [5, 5.41) is 22.6. The van der Waals surface area contributed by atoms with Crippen LogP contribution in [0.4, 0.5) is 5.69 Å². The van der Waals surface area contributed by atoms with Crippen LogP contribution in [0.15, 0.2) is 23.1 Å². The zero-order valence-corrected chi connectivity index (χ0v) is 7.84. The second-order valence-electron chi connectivity index (χ2n) is 3.12. The molecule has 1 unspecified atom stereocenters. The molecule has 0 aliphatic carbocycles. The Balaban J connectivity index is 2.66. The Morgan fingerprint density at radius 2 is 2.15 bits per heavy atom. The van der Waals surface area contributed by atoms with Crippen molar-refractivity contribution in [1.29, 1.82) is 0 Å². The lowest BCUT2D eigenvalue weighted by molar-refractivity contribution is 0.579. The molecule has 0 amide bonds. The predicted molar refractivity (Wildman–Crippen MR) is 51.0 cm³/mol. The first-order valence-electron chi connectivity index (χ1n) is 3.80. The van der Waals surface area contributed by atoms with Gasteiger partial charge in [-0.05, 0) is 18.6 Å². The molecule has 1 aromatic rings. The maximum Gasteiger partial charge on any atom is 0.163 e. The molecule has 0 saturated carbocycles. The number of rotatable bonds is 0. The van der Waals surface area contributed by atoms with E-state index >= 15 is 0 Å². The van der Waals surface area contributed by atoms with Crippen molar-refractivity contribution in [3.05, 3.63) is 34.2 Å². The second-order valence-corrected chi connectivity index (χ2v) is 4.51. The molecule has 70 valence electrons. The summed E-state index contributed by atoms with van der Waals surface area (Å²) in [5.41, 5.74) is 0.935. The minimum Gasteiger partial charge on any atom is -0.625 e. The Kier molecular flexibility index (Phi) is 1.78. The van der Waals surface area contributed by atoms with E-state index in [-0.39, 0.29) is 5.69 Å². The Bertz CT molecular complexity index is 389. The van der Waals surface area contributed by atoms with Gasteiger partial charge in [0.05, 0.1) is 0 Å². The highest BCUT2D eigenvalue weighted by molar-refractivity contribution is 7.85. The van der Waals surface area contributed by atoms with E-state index in [1.807, 2.05) is 0 Å². The fourth-order valence-electron chi connectivity index (χ4n) is 1.38. The molecule has 2 rings (SSSR count). The zero-order chi connectivity index (χ0) is 9.64. The molecule has 1 heterocycles. The van der Waals surface area contributed by atoms with Crippen LogP contribution < -0.4 is 4.81 Å². The molecule has 0 radical (unpaired) electrons. The average Bonchev–Trinajstić information content (AvgIpc) is 2.23. The monoisotopic (exact) mass is 198 g/mol. The summed E-state index contributed by atoms with van der Waals surface area (Å²) in [5.74, 6) is -0.404. The van der Waals surface area contributed by atoms with Crippen LogP contribution in [0.25, 0.3) is 0 Å². The Morgan fingerprint density at radius 3 is 2.85 bits per heavy atom. The van der Waals surface area contributed by atoms with Crippen LogP contribution >= 0.6 is 0 Å². The first kappa shape index (κ1) is 8.83. The van der Waals surface area contributed by atoms with Crippen molar-refractivity contribution >= 4 is 16.5 Å². The van der Waals surface area contributed by atoms with E-state index in [0.717, 1.165) is 5.56 Å². The van der Waals surface area contributed by atoms with Gasteiger partial charge in [-0.3, -0.25) is 0 Å². The maximum atomic E-state index is 11.3. The van der Waals surface area contributed by atoms with Gasteiger partial charge in [0.15, 0.2) is 5.88 Å². The Labute approximate surface area is 78.0 Å². The molecule has 5 heteroatoms. The Morgan fingerprint density at radius 1 is 1.46 bits per heavy atom. The van der Waals surface area contributed by atoms with Gasteiger partial charge in [0, 0.05) is 6.07 Å². The molecular weight excluding hydrogens is 190 g/mol. The molecule has 1 aliphatic heterocycles. The lowest BCUT2D eigenvalue weighted by Crippen LogP contribution is -2.33. The number of aryl methyl sites for hydroxylation is 1. The van der Waals surface area contributed by atoms with Crippen molar-refractivity contribution in [2.45, 2.75) is 11.8 Å². The summed E-state index contributed by atoms with van der Waals surface area (Å²) in [6.45, 7) is 1.79. The van der Waals surface area contributed by atoms with Crippen LogP contribution in [0.1, 0.15) is 5.56 Å². The minimum atomic E-state index is -1.76. The van der Waals surface area contributed by atoms with E-state index in [2.05, 4.69) is 0 Å². The lowest BCUT2D eigenvalue weighted by Gasteiger charge is -2.41. The number of benzene rings is 1. The van der Waals surface area contributed by atoms with Gasteiger partial charge in [-0.2, -0.15) is 0 Å². The summed E-state index contributed by atoms with van der Waals surface area (Å²) in [7, 11) is -1.43. The van der Waals surface area contributed by atoms with Crippen LogP contribution in [-0.4, -0.2) is 10.1 Å². The van der Waals surface area contributed by atoms with Crippen LogP contribution in [0.5, 0.6) is 0 Å². The summed E-state index contributed by atoms with van der Waals surface area (Å²) in [6.07, 6.45) is 0. The normalized spacial score (nSPS) is 24.4. The van der Waals surface area contributed by atoms with Gasteiger partial charge in [0.1, 0.15) is 21.4 Å². The van der Waals surface area contributed by atoms with Crippen molar-refractivity contribution in [2.75, 3.05) is 5.88 Å². The van der Waals surface area contributed by atoms with Gasteiger partial charge in [0.2, 0.25) is 0 Å². The van der Waals surface area contributed by atoms with Crippen LogP contribution in [0.2, 0.25) is 0 Å². The number of quaternary nitrogens is 1. The van der Waals surface area contributed by atoms with Crippen molar-refractivity contribution in [3.8, 4) is 0 Å². The molecule has 1 atom stereocenters. The number of hydrogen-bond donors (Lipinski definition) is 0. The van der Waals surface area contributed by atoms with E-state index in [4.69, 9.17) is 0 Å². The highest BCUT2D eigenvalue weighted by atomic mass is 32.2. The zero-order valence-electron chi connectivity index (χ0n) is 7.02. The minimum absolute atomic E-state index is 0.0957. The first-order chi connectivity index (χ1) is 6.00. The second kappa shape index (κ2) is 2.62. The van der Waals surface area contributed by atoms with Gasteiger partial charge in [-0.1, -0.05) is 6.07 Å².